The van der Waals surface area contributed by atoms with Crippen LogP contribution in [0.4, 0.5) is 0 Å². The topological polar surface area (TPSA) is 12.0 Å². The van der Waals surface area contributed by atoms with Gasteiger partial charge in [-0.1, -0.05) is 52.3 Å². The van der Waals surface area contributed by atoms with Crippen LogP contribution in [0.5, 0.6) is 0 Å². The summed E-state index contributed by atoms with van der Waals surface area (Å²) < 4.78 is 0. The molecule has 1 unspecified atom stereocenters. The van der Waals surface area contributed by atoms with Gasteiger partial charge in [-0.25, -0.2) is 0 Å². The maximum absolute atomic E-state index is 3.54. The van der Waals surface area contributed by atoms with E-state index in [9.17, 15) is 0 Å². The van der Waals surface area contributed by atoms with Crippen LogP contribution in [0.1, 0.15) is 50.8 Å². The second-order valence-corrected chi connectivity index (χ2v) is 4.78. The molecule has 1 nitrogen and oxygen atoms in total. The Balaban J connectivity index is 0.000000437. The molecule has 0 saturated heterocycles. The monoisotopic (exact) mass is 233 g/mol. The van der Waals surface area contributed by atoms with E-state index in [1.54, 1.807) is 16.7 Å². The lowest BCUT2D eigenvalue weighted by Crippen LogP contribution is -2.29. The van der Waals surface area contributed by atoms with Gasteiger partial charge in [-0.15, -0.1) is 0 Å². The SMILES string of the molecule is CCC.CCNC1Cc2cccc(CC)c2C1. The van der Waals surface area contributed by atoms with Crippen molar-refractivity contribution in [3.63, 3.8) is 0 Å². The summed E-state index contributed by atoms with van der Waals surface area (Å²) in [6.07, 6.45) is 4.87. The van der Waals surface area contributed by atoms with Crippen molar-refractivity contribution in [2.75, 3.05) is 6.54 Å². The van der Waals surface area contributed by atoms with Gasteiger partial charge in [0, 0.05) is 6.04 Å². The van der Waals surface area contributed by atoms with Gasteiger partial charge in [0.05, 0.1) is 0 Å². The zero-order valence-electron chi connectivity index (χ0n) is 11.8. The first-order chi connectivity index (χ1) is 8.26. The largest absolute Gasteiger partial charge is 0.314 e. The molecule has 1 aliphatic rings. The molecule has 1 aromatic rings. The van der Waals surface area contributed by atoms with Gasteiger partial charge in [0.2, 0.25) is 0 Å². The summed E-state index contributed by atoms with van der Waals surface area (Å²) in [4.78, 5) is 0. The predicted octanol–water partition coefficient (Wildman–Crippen LogP) is 3.74. The van der Waals surface area contributed by atoms with E-state index in [-0.39, 0.29) is 0 Å². The highest BCUT2D eigenvalue weighted by molar-refractivity contribution is 5.40. The van der Waals surface area contributed by atoms with Gasteiger partial charge in [0.25, 0.3) is 0 Å². The van der Waals surface area contributed by atoms with Crippen LogP contribution in [-0.4, -0.2) is 12.6 Å². The van der Waals surface area contributed by atoms with Crippen LogP contribution < -0.4 is 5.32 Å². The van der Waals surface area contributed by atoms with Gasteiger partial charge in [0.1, 0.15) is 0 Å². The minimum atomic E-state index is 0.683. The van der Waals surface area contributed by atoms with Crippen LogP contribution >= 0.6 is 0 Å². The molecule has 0 bridgehead atoms. The molecule has 1 atom stereocenters. The van der Waals surface area contributed by atoms with Crippen molar-refractivity contribution >= 4 is 0 Å². The molecule has 2 rings (SSSR count). The van der Waals surface area contributed by atoms with Crippen LogP contribution in [-0.2, 0) is 19.3 Å². The zero-order valence-corrected chi connectivity index (χ0v) is 11.8. The van der Waals surface area contributed by atoms with E-state index in [0.29, 0.717) is 6.04 Å². The van der Waals surface area contributed by atoms with E-state index in [1.165, 1.54) is 25.7 Å². The van der Waals surface area contributed by atoms with Crippen molar-refractivity contribution in [2.24, 2.45) is 0 Å². The molecule has 0 amide bonds. The number of aryl methyl sites for hydroxylation is 1. The molecule has 1 aliphatic carbocycles. The average molecular weight is 233 g/mol. The fraction of sp³-hybridized carbons (Fsp3) is 0.625. The maximum Gasteiger partial charge on any atom is 0.0148 e. The number of nitrogens with one attached hydrogen (secondary N) is 1. The molecule has 0 saturated carbocycles. The molecule has 0 aromatic heterocycles. The molecule has 96 valence electrons. The van der Waals surface area contributed by atoms with Crippen LogP contribution in [0.2, 0.25) is 0 Å². The molecule has 1 N–H and O–H groups in total. The smallest absolute Gasteiger partial charge is 0.0148 e. The quantitative estimate of drug-likeness (QED) is 0.838. The third-order valence-corrected chi connectivity index (χ3v) is 3.16. The second-order valence-electron chi connectivity index (χ2n) is 4.78. The fourth-order valence-electron chi connectivity index (χ4n) is 2.49. The van der Waals surface area contributed by atoms with E-state index in [0.717, 1.165) is 6.54 Å². The van der Waals surface area contributed by atoms with Crippen LogP contribution in [0.3, 0.4) is 0 Å². The van der Waals surface area contributed by atoms with Gasteiger partial charge in [-0.3, -0.25) is 0 Å². The van der Waals surface area contributed by atoms with E-state index in [2.05, 4.69) is 51.2 Å². The molecule has 0 aliphatic heterocycles. The summed E-state index contributed by atoms with van der Waals surface area (Å²) in [5.41, 5.74) is 4.72. The summed E-state index contributed by atoms with van der Waals surface area (Å²) in [6.45, 7) is 9.76. The maximum atomic E-state index is 3.54. The molecule has 0 radical (unpaired) electrons. The first-order valence-corrected chi connectivity index (χ1v) is 7.09. The van der Waals surface area contributed by atoms with Crippen LogP contribution in [0.25, 0.3) is 0 Å². The summed E-state index contributed by atoms with van der Waals surface area (Å²) in [7, 11) is 0. The minimum absolute atomic E-state index is 0.683. The van der Waals surface area contributed by atoms with E-state index in [1.807, 2.05) is 0 Å². The molecule has 0 fully saturated rings. The highest BCUT2D eigenvalue weighted by atomic mass is 14.9. The zero-order chi connectivity index (χ0) is 12.7. The average Bonchev–Trinajstić information content (AvgIpc) is 2.72. The lowest BCUT2D eigenvalue weighted by atomic mass is 10.0. The number of hydrogen-bond donors (Lipinski definition) is 1. The van der Waals surface area contributed by atoms with Gasteiger partial charge >= 0.3 is 0 Å². The number of fused-ring (bicyclic) bond motifs is 1. The third-order valence-electron chi connectivity index (χ3n) is 3.16. The van der Waals surface area contributed by atoms with Crippen molar-refractivity contribution in [3.8, 4) is 0 Å². The molecular formula is C16H27N. The van der Waals surface area contributed by atoms with E-state index >= 15 is 0 Å². The normalized spacial score (nSPS) is 17.3. The molecule has 1 heteroatoms. The van der Waals surface area contributed by atoms with Crippen molar-refractivity contribution in [1.29, 1.82) is 0 Å². The van der Waals surface area contributed by atoms with Gasteiger partial charge in [0.15, 0.2) is 0 Å². The van der Waals surface area contributed by atoms with Crippen LogP contribution in [0, 0.1) is 0 Å². The molecule has 1 aromatic carbocycles. The number of benzene rings is 1. The first-order valence-electron chi connectivity index (χ1n) is 7.09. The Bertz CT molecular complexity index is 330. The standard InChI is InChI=1S/C13H19N.C3H8/c1-3-10-6-5-7-11-8-12(14-4-2)9-13(10)11;1-3-2/h5-7,12,14H,3-4,8-9H2,1-2H3;3H2,1-2H3. The summed E-state index contributed by atoms with van der Waals surface area (Å²) in [6, 6.07) is 7.44. The molecule has 17 heavy (non-hydrogen) atoms. The molecule has 0 spiro atoms. The van der Waals surface area contributed by atoms with Crippen molar-refractivity contribution in [2.45, 2.75) is 59.4 Å². The minimum Gasteiger partial charge on any atom is -0.314 e. The summed E-state index contributed by atoms with van der Waals surface area (Å²) >= 11 is 0. The lowest BCUT2D eigenvalue weighted by molar-refractivity contribution is 0.551. The van der Waals surface area contributed by atoms with Gasteiger partial charge < -0.3 is 5.32 Å². The van der Waals surface area contributed by atoms with E-state index < -0.39 is 0 Å². The van der Waals surface area contributed by atoms with Gasteiger partial charge in [-0.05, 0) is 42.5 Å². The highest BCUT2D eigenvalue weighted by Gasteiger charge is 2.21. The predicted molar refractivity (Wildman–Crippen MR) is 76.7 cm³/mol. The van der Waals surface area contributed by atoms with Crippen LogP contribution in [0.15, 0.2) is 18.2 Å². The fourth-order valence-corrected chi connectivity index (χ4v) is 2.49. The van der Waals surface area contributed by atoms with Gasteiger partial charge in [-0.2, -0.15) is 0 Å². The first kappa shape index (κ1) is 14.2. The van der Waals surface area contributed by atoms with Crippen molar-refractivity contribution in [3.05, 3.63) is 34.9 Å². The van der Waals surface area contributed by atoms with Crippen molar-refractivity contribution in [1.82, 2.24) is 5.32 Å². The Kier molecular flexibility index (Phi) is 6.28. The number of likely N-dealkylation sites (N-methyl/N-ethyl adjacent to an activating group) is 1. The molecular weight excluding hydrogens is 206 g/mol. The number of rotatable bonds is 3. The summed E-state index contributed by atoms with van der Waals surface area (Å²) in [5, 5.41) is 3.54. The Labute approximate surface area is 107 Å². The van der Waals surface area contributed by atoms with Crippen molar-refractivity contribution < 1.29 is 0 Å². The Hall–Kier alpha value is -0.820. The Morgan fingerprint density at radius 1 is 1.12 bits per heavy atom. The molecule has 0 heterocycles. The second kappa shape index (κ2) is 7.50. The Morgan fingerprint density at radius 2 is 1.82 bits per heavy atom. The summed E-state index contributed by atoms with van der Waals surface area (Å²) in [5.74, 6) is 0. The lowest BCUT2D eigenvalue weighted by Gasteiger charge is -2.08. The highest BCUT2D eigenvalue weighted by Crippen LogP contribution is 2.25. The number of hydrogen-bond acceptors (Lipinski definition) is 1. The van der Waals surface area contributed by atoms with E-state index in [4.69, 9.17) is 0 Å². The Morgan fingerprint density at radius 3 is 2.41 bits per heavy atom. The third kappa shape index (κ3) is 3.85.